The van der Waals surface area contributed by atoms with Gasteiger partial charge in [-0.25, -0.2) is 8.78 Å². The largest absolute Gasteiger partial charge is 0.319 e. The van der Waals surface area contributed by atoms with Crippen LogP contribution in [0, 0.1) is 18.3 Å². The first-order valence-electron chi connectivity index (χ1n) is 6.06. The number of halogens is 4. The summed E-state index contributed by atoms with van der Waals surface area (Å²) < 4.78 is 51.8. The summed E-state index contributed by atoms with van der Waals surface area (Å²) in [4.78, 5) is 1.22. The summed E-state index contributed by atoms with van der Waals surface area (Å²) in [7, 11) is 0. The van der Waals surface area contributed by atoms with Gasteiger partial charge in [-0.3, -0.25) is 9.58 Å². The van der Waals surface area contributed by atoms with Gasteiger partial charge >= 0.3 is 12.3 Å². The molecular formula is C12H14F4N4. The fourth-order valence-corrected chi connectivity index (χ4v) is 2.42. The normalized spacial score (nSPS) is 18.9. The summed E-state index contributed by atoms with van der Waals surface area (Å²) in [5.74, 6) is -4.03. The van der Waals surface area contributed by atoms with Crippen LogP contribution in [0.15, 0.2) is 12.4 Å². The fraction of sp³-hybridized carbons (Fsp3) is 0.667. The monoisotopic (exact) mass is 290 g/mol. The smallest absolute Gasteiger partial charge is 0.292 e. The van der Waals surface area contributed by atoms with Gasteiger partial charge < -0.3 is 0 Å². The maximum absolute atomic E-state index is 13.0. The zero-order valence-corrected chi connectivity index (χ0v) is 10.9. The van der Waals surface area contributed by atoms with Gasteiger partial charge in [0.2, 0.25) is 0 Å². The third kappa shape index (κ3) is 2.63. The van der Waals surface area contributed by atoms with Crippen LogP contribution in [-0.2, 0) is 5.54 Å². The highest BCUT2D eigenvalue weighted by molar-refractivity contribution is 5.10. The maximum Gasteiger partial charge on any atom is 0.319 e. The predicted octanol–water partition coefficient (Wildman–Crippen LogP) is 2.02. The molecule has 20 heavy (non-hydrogen) atoms. The topological polar surface area (TPSA) is 44.9 Å². The van der Waals surface area contributed by atoms with E-state index in [1.54, 1.807) is 17.1 Å². The molecule has 1 aromatic heterocycles. The van der Waals surface area contributed by atoms with Crippen LogP contribution in [0.4, 0.5) is 17.6 Å². The van der Waals surface area contributed by atoms with Crippen LogP contribution in [0.2, 0.25) is 0 Å². The van der Waals surface area contributed by atoms with E-state index in [0.29, 0.717) is 0 Å². The molecule has 8 heteroatoms. The molecule has 1 fully saturated rings. The lowest BCUT2D eigenvalue weighted by atomic mass is 9.86. The molecule has 0 amide bonds. The van der Waals surface area contributed by atoms with Gasteiger partial charge in [0.1, 0.15) is 5.54 Å². The van der Waals surface area contributed by atoms with Crippen LogP contribution in [0.1, 0.15) is 12.0 Å². The van der Waals surface area contributed by atoms with Crippen LogP contribution in [0.3, 0.4) is 0 Å². The zero-order chi connectivity index (χ0) is 15.0. The van der Waals surface area contributed by atoms with E-state index in [4.69, 9.17) is 5.26 Å². The van der Waals surface area contributed by atoms with Crippen LogP contribution in [0.25, 0.3) is 0 Å². The van der Waals surface area contributed by atoms with Gasteiger partial charge in [0.25, 0.3) is 0 Å². The molecule has 0 aromatic carbocycles. The van der Waals surface area contributed by atoms with Crippen molar-refractivity contribution in [2.75, 3.05) is 19.6 Å². The van der Waals surface area contributed by atoms with Gasteiger partial charge in [0, 0.05) is 19.3 Å². The minimum Gasteiger partial charge on any atom is -0.292 e. The molecular weight excluding hydrogens is 276 g/mol. The molecule has 1 saturated heterocycles. The molecule has 0 spiro atoms. The van der Waals surface area contributed by atoms with Crippen molar-refractivity contribution in [1.82, 2.24) is 14.7 Å². The Hall–Kier alpha value is -1.62. The molecule has 2 heterocycles. The summed E-state index contributed by atoms with van der Waals surface area (Å²) in [6.45, 7) is 1.05. The van der Waals surface area contributed by atoms with Crippen LogP contribution < -0.4 is 0 Å². The molecule has 1 aliphatic rings. The minimum absolute atomic E-state index is 0.102. The molecule has 4 nitrogen and oxygen atoms in total. The number of hydrogen-bond donors (Lipinski definition) is 0. The lowest BCUT2D eigenvalue weighted by Gasteiger charge is -2.49. The Labute approximate surface area is 113 Å². The van der Waals surface area contributed by atoms with Gasteiger partial charge in [-0.05, 0) is 12.5 Å². The molecule has 2 rings (SSSR count). The van der Waals surface area contributed by atoms with E-state index >= 15 is 0 Å². The molecule has 0 N–H and O–H groups in total. The highest BCUT2D eigenvalue weighted by atomic mass is 19.3. The summed E-state index contributed by atoms with van der Waals surface area (Å²) in [5.41, 5.74) is 0.194. The average molecular weight is 290 g/mol. The van der Waals surface area contributed by atoms with Crippen molar-refractivity contribution in [3.63, 3.8) is 0 Å². The summed E-state index contributed by atoms with van der Waals surface area (Å²) >= 11 is 0. The van der Waals surface area contributed by atoms with Gasteiger partial charge in [0.05, 0.1) is 25.2 Å². The van der Waals surface area contributed by atoms with Crippen LogP contribution >= 0.6 is 0 Å². The fourth-order valence-electron chi connectivity index (χ4n) is 2.42. The number of nitriles is 1. The minimum atomic E-state index is -4.03. The Morgan fingerprint density at radius 1 is 1.50 bits per heavy atom. The Morgan fingerprint density at radius 2 is 2.15 bits per heavy atom. The molecule has 0 aliphatic carbocycles. The second-order valence-electron chi connectivity index (χ2n) is 5.23. The van der Waals surface area contributed by atoms with Crippen molar-refractivity contribution in [1.29, 1.82) is 5.26 Å². The average Bonchev–Trinajstić information content (AvgIpc) is 2.72. The molecule has 0 radical (unpaired) electrons. The van der Waals surface area contributed by atoms with Crippen molar-refractivity contribution >= 4 is 0 Å². The lowest BCUT2D eigenvalue weighted by Crippen LogP contribution is -2.65. The Bertz CT molecular complexity index is 514. The SMILES string of the molecule is Cc1cnn(C2(CC#N)CN(CC(F)(F)C(F)F)C2)c1. The quantitative estimate of drug-likeness (QED) is 0.779. The second-order valence-corrected chi connectivity index (χ2v) is 5.23. The van der Waals surface area contributed by atoms with Crippen molar-refractivity contribution < 1.29 is 17.6 Å². The molecule has 0 unspecified atom stereocenters. The van der Waals surface area contributed by atoms with Crippen molar-refractivity contribution in [2.24, 2.45) is 0 Å². The number of aryl methyl sites for hydroxylation is 1. The van der Waals surface area contributed by atoms with E-state index in [9.17, 15) is 17.6 Å². The van der Waals surface area contributed by atoms with Crippen molar-refractivity contribution in [3.05, 3.63) is 18.0 Å². The van der Waals surface area contributed by atoms with E-state index in [0.717, 1.165) is 5.56 Å². The van der Waals surface area contributed by atoms with Crippen LogP contribution in [-0.4, -0.2) is 46.7 Å². The molecule has 1 aliphatic heterocycles. The number of nitrogens with zero attached hydrogens (tertiary/aromatic N) is 4. The first kappa shape index (κ1) is 14.8. The lowest BCUT2D eigenvalue weighted by molar-refractivity contribution is -0.161. The second kappa shape index (κ2) is 5.05. The number of alkyl halides is 4. The number of rotatable bonds is 5. The van der Waals surface area contributed by atoms with E-state index < -0.39 is 24.4 Å². The molecule has 0 atom stereocenters. The Kier molecular flexibility index (Phi) is 3.73. The molecule has 1 aromatic rings. The highest BCUT2D eigenvalue weighted by Crippen LogP contribution is 2.35. The van der Waals surface area contributed by atoms with Gasteiger partial charge in [-0.1, -0.05) is 0 Å². The highest BCUT2D eigenvalue weighted by Gasteiger charge is 2.51. The van der Waals surface area contributed by atoms with E-state index in [2.05, 4.69) is 5.10 Å². The molecule has 110 valence electrons. The standard InChI is InChI=1S/C12H14F4N4/c1-9-4-18-20(5-9)11(2-3-17)6-19(7-11)8-12(15,16)10(13)14/h4-5,10H,2,6-8H2,1H3. The van der Waals surface area contributed by atoms with Crippen molar-refractivity contribution in [2.45, 2.75) is 31.2 Å². The first-order valence-corrected chi connectivity index (χ1v) is 6.06. The third-order valence-corrected chi connectivity index (χ3v) is 3.40. The molecule has 0 saturated carbocycles. The van der Waals surface area contributed by atoms with Crippen molar-refractivity contribution in [3.8, 4) is 6.07 Å². The van der Waals surface area contributed by atoms with E-state index in [1.165, 1.54) is 4.90 Å². The first-order chi connectivity index (χ1) is 9.29. The van der Waals surface area contributed by atoms with Gasteiger partial charge in [-0.15, -0.1) is 0 Å². The van der Waals surface area contributed by atoms with E-state index in [1.807, 2.05) is 13.0 Å². The van der Waals surface area contributed by atoms with Crippen LogP contribution in [0.5, 0.6) is 0 Å². The summed E-state index contributed by atoms with van der Waals surface area (Å²) in [5, 5.41) is 13.0. The summed E-state index contributed by atoms with van der Waals surface area (Å²) in [6, 6.07) is 2.00. The number of likely N-dealkylation sites (tertiary alicyclic amines) is 1. The maximum atomic E-state index is 13.0. The zero-order valence-electron chi connectivity index (χ0n) is 10.9. The summed E-state index contributed by atoms with van der Waals surface area (Å²) in [6.07, 6.45) is -0.249. The predicted molar refractivity (Wildman–Crippen MR) is 62.6 cm³/mol. The Morgan fingerprint density at radius 3 is 2.60 bits per heavy atom. The Balaban J connectivity index is 2.05. The van der Waals surface area contributed by atoms with Gasteiger partial charge in [0.15, 0.2) is 0 Å². The number of hydrogen-bond acceptors (Lipinski definition) is 3. The third-order valence-electron chi connectivity index (χ3n) is 3.40. The number of aromatic nitrogens is 2. The van der Waals surface area contributed by atoms with E-state index in [-0.39, 0.29) is 19.5 Å². The van der Waals surface area contributed by atoms with Gasteiger partial charge in [-0.2, -0.15) is 19.1 Å². The molecule has 0 bridgehead atoms.